The Morgan fingerprint density at radius 2 is 2.10 bits per heavy atom. The molecule has 4 nitrogen and oxygen atoms in total. The number of carbonyl (C=O) groups excluding carboxylic acids is 1. The number of nitrogens with zero attached hydrogens (tertiary/aromatic N) is 1. The van der Waals surface area contributed by atoms with Crippen LogP contribution in [0, 0.1) is 6.92 Å². The average Bonchev–Trinajstić information content (AvgIpc) is 2.49. The molecule has 0 bridgehead atoms. The highest BCUT2D eigenvalue weighted by atomic mass is 32.2. The van der Waals surface area contributed by atoms with Crippen LogP contribution in [0.1, 0.15) is 21.6 Å². The minimum atomic E-state index is -0.169. The van der Waals surface area contributed by atoms with Crippen LogP contribution in [-0.4, -0.2) is 21.5 Å². The van der Waals surface area contributed by atoms with Crippen LogP contribution >= 0.6 is 11.8 Å². The maximum atomic E-state index is 12.0. The molecule has 1 N–H and O–H groups in total. The number of allylic oxidation sites excluding steroid dienone is 1. The number of H-pyrrole nitrogens is 1. The van der Waals surface area contributed by atoms with Crippen molar-refractivity contribution in [3.05, 3.63) is 70.2 Å². The summed E-state index contributed by atoms with van der Waals surface area (Å²) in [4.78, 5) is 31.0. The summed E-state index contributed by atoms with van der Waals surface area (Å²) in [7, 11) is 0. The van der Waals surface area contributed by atoms with E-state index in [1.807, 2.05) is 18.2 Å². The minimum Gasteiger partial charge on any atom is -0.301 e. The van der Waals surface area contributed by atoms with Crippen LogP contribution in [0.2, 0.25) is 0 Å². The fraction of sp³-hybridized carbons (Fsp3) is 0.188. The van der Waals surface area contributed by atoms with Gasteiger partial charge in [0, 0.05) is 16.8 Å². The van der Waals surface area contributed by atoms with E-state index >= 15 is 0 Å². The van der Waals surface area contributed by atoms with Gasteiger partial charge in [-0.2, -0.15) is 0 Å². The predicted octanol–water partition coefficient (Wildman–Crippen LogP) is 2.78. The van der Waals surface area contributed by atoms with Crippen LogP contribution in [0.5, 0.6) is 0 Å². The quantitative estimate of drug-likeness (QED) is 0.386. The Hall–Kier alpha value is -2.14. The van der Waals surface area contributed by atoms with Crippen molar-refractivity contribution in [2.24, 2.45) is 0 Å². The molecule has 2 rings (SSSR count). The largest absolute Gasteiger partial charge is 0.301 e. The summed E-state index contributed by atoms with van der Waals surface area (Å²) >= 11 is 1.24. The summed E-state index contributed by atoms with van der Waals surface area (Å²) in [6, 6.07) is 9.07. The van der Waals surface area contributed by atoms with Gasteiger partial charge in [-0.3, -0.25) is 9.59 Å². The van der Waals surface area contributed by atoms with Crippen molar-refractivity contribution in [2.45, 2.75) is 18.5 Å². The van der Waals surface area contributed by atoms with E-state index in [2.05, 4.69) is 16.5 Å². The fourth-order valence-electron chi connectivity index (χ4n) is 1.88. The molecule has 0 atom stereocenters. The first kappa shape index (κ1) is 15.3. The predicted molar refractivity (Wildman–Crippen MR) is 85.0 cm³/mol. The molecule has 21 heavy (non-hydrogen) atoms. The summed E-state index contributed by atoms with van der Waals surface area (Å²) < 4.78 is 0. The first-order chi connectivity index (χ1) is 10.1. The van der Waals surface area contributed by atoms with Gasteiger partial charge in [-0.1, -0.05) is 48.2 Å². The summed E-state index contributed by atoms with van der Waals surface area (Å²) in [6.45, 7) is 5.41. The number of benzene rings is 1. The maximum absolute atomic E-state index is 12.0. The second-order valence-electron chi connectivity index (χ2n) is 4.51. The van der Waals surface area contributed by atoms with Crippen LogP contribution in [0.15, 0.2) is 52.9 Å². The van der Waals surface area contributed by atoms with Crippen molar-refractivity contribution in [1.29, 1.82) is 0 Å². The van der Waals surface area contributed by atoms with Crippen molar-refractivity contribution >= 4 is 17.5 Å². The molecule has 2 aromatic rings. The Labute approximate surface area is 127 Å². The number of hydrogen-bond acceptors (Lipinski definition) is 4. The van der Waals surface area contributed by atoms with E-state index in [1.165, 1.54) is 11.8 Å². The Bertz CT molecular complexity index is 708. The van der Waals surface area contributed by atoms with Crippen LogP contribution in [-0.2, 0) is 6.42 Å². The summed E-state index contributed by atoms with van der Waals surface area (Å²) in [6.07, 6.45) is 2.16. The number of rotatable bonds is 6. The second-order valence-corrected chi connectivity index (χ2v) is 5.47. The molecule has 0 saturated carbocycles. The molecule has 0 saturated heterocycles. The van der Waals surface area contributed by atoms with E-state index in [-0.39, 0.29) is 17.1 Å². The highest BCUT2D eigenvalue weighted by Gasteiger charge is 2.10. The van der Waals surface area contributed by atoms with Crippen LogP contribution in [0.25, 0.3) is 0 Å². The third kappa shape index (κ3) is 3.92. The number of Topliss-reactive ketones (excluding diaryl/α,β-unsaturated/α-hetero) is 1. The first-order valence-corrected chi connectivity index (χ1v) is 7.52. The van der Waals surface area contributed by atoms with Crippen molar-refractivity contribution in [3.63, 3.8) is 0 Å². The fourth-order valence-corrected chi connectivity index (χ4v) is 2.68. The van der Waals surface area contributed by atoms with Crippen LogP contribution in [0.3, 0.4) is 0 Å². The Morgan fingerprint density at radius 1 is 1.38 bits per heavy atom. The van der Waals surface area contributed by atoms with Gasteiger partial charge in [0.05, 0.1) is 5.75 Å². The van der Waals surface area contributed by atoms with Gasteiger partial charge in [-0.15, -0.1) is 6.58 Å². The van der Waals surface area contributed by atoms with E-state index in [4.69, 9.17) is 0 Å². The molecule has 0 amide bonds. The molecule has 108 valence electrons. The first-order valence-electron chi connectivity index (χ1n) is 6.53. The summed E-state index contributed by atoms with van der Waals surface area (Å²) in [5.41, 5.74) is 1.78. The number of aromatic amines is 1. The second kappa shape index (κ2) is 7.04. The van der Waals surface area contributed by atoms with E-state index in [1.54, 1.807) is 25.1 Å². The van der Waals surface area contributed by atoms with Gasteiger partial charge < -0.3 is 4.98 Å². The molecule has 1 aromatic heterocycles. The van der Waals surface area contributed by atoms with E-state index < -0.39 is 0 Å². The van der Waals surface area contributed by atoms with E-state index in [0.717, 1.165) is 0 Å². The number of aromatic nitrogens is 2. The van der Waals surface area contributed by atoms with Gasteiger partial charge >= 0.3 is 0 Å². The van der Waals surface area contributed by atoms with Crippen molar-refractivity contribution < 1.29 is 4.79 Å². The molecule has 1 aromatic carbocycles. The lowest BCUT2D eigenvalue weighted by Gasteiger charge is -2.05. The SMILES string of the molecule is C=CCc1c(C)nc(SCC(=O)c2ccccc2)[nH]c1=O. The van der Waals surface area contributed by atoms with Gasteiger partial charge in [0.1, 0.15) is 0 Å². The lowest BCUT2D eigenvalue weighted by Crippen LogP contribution is -2.17. The Balaban J connectivity index is 2.09. The van der Waals surface area contributed by atoms with Crippen molar-refractivity contribution in [2.75, 3.05) is 5.75 Å². The third-order valence-corrected chi connectivity index (χ3v) is 3.86. The lowest BCUT2D eigenvalue weighted by molar-refractivity contribution is 0.102. The van der Waals surface area contributed by atoms with Gasteiger partial charge in [0.25, 0.3) is 5.56 Å². The smallest absolute Gasteiger partial charge is 0.255 e. The van der Waals surface area contributed by atoms with E-state index in [9.17, 15) is 9.59 Å². The zero-order valence-corrected chi connectivity index (χ0v) is 12.6. The van der Waals surface area contributed by atoms with E-state index in [0.29, 0.717) is 28.4 Å². The number of carbonyl (C=O) groups is 1. The third-order valence-electron chi connectivity index (χ3n) is 2.98. The monoisotopic (exact) mass is 300 g/mol. The molecule has 1 heterocycles. The van der Waals surface area contributed by atoms with Gasteiger partial charge in [-0.05, 0) is 13.3 Å². The highest BCUT2D eigenvalue weighted by Crippen LogP contribution is 2.15. The number of thioether (sulfide) groups is 1. The zero-order chi connectivity index (χ0) is 15.2. The average molecular weight is 300 g/mol. The summed E-state index contributed by atoms with van der Waals surface area (Å²) in [5.74, 6) is 0.254. The Morgan fingerprint density at radius 3 is 2.71 bits per heavy atom. The van der Waals surface area contributed by atoms with Crippen LogP contribution in [0.4, 0.5) is 0 Å². The molecule has 5 heteroatoms. The molecule has 0 aliphatic carbocycles. The molecular formula is C16H16N2O2S. The molecule has 0 aliphatic heterocycles. The minimum absolute atomic E-state index is 0.0103. The van der Waals surface area contributed by atoms with Crippen molar-refractivity contribution in [1.82, 2.24) is 9.97 Å². The van der Waals surface area contributed by atoms with Crippen molar-refractivity contribution in [3.8, 4) is 0 Å². The molecule has 0 radical (unpaired) electrons. The number of hydrogen-bond donors (Lipinski definition) is 1. The molecule has 0 aliphatic rings. The topological polar surface area (TPSA) is 62.8 Å². The zero-order valence-electron chi connectivity index (χ0n) is 11.8. The lowest BCUT2D eigenvalue weighted by atomic mass is 10.2. The number of nitrogens with one attached hydrogen (secondary N) is 1. The molecule has 0 fully saturated rings. The highest BCUT2D eigenvalue weighted by molar-refractivity contribution is 7.99. The normalized spacial score (nSPS) is 10.3. The standard InChI is InChI=1S/C16H16N2O2S/c1-3-7-13-11(2)17-16(18-15(13)20)21-10-14(19)12-8-5-4-6-9-12/h3-6,8-9H,1,7,10H2,2H3,(H,17,18,20). The van der Waals surface area contributed by atoms with Gasteiger partial charge in [-0.25, -0.2) is 4.98 Å². The van der Waals surface area contributed by atoms with Crippen LogP contribution < -0.4 is 5.56 Å². The Kier molecular flexibility index (Phi) is 5.11. The molecule has 0 spiro atoms. The maximum Gasteiger partial charge on any atom is 0.255 e. The molecule has 0 unspecified atom stereocenters. The molecular weight excluding hydrogens is 284 g/mol. The van der Waals surface area contributed by atoms with Gasteiger partial charge in [0.2, 0.25) is 0 Å². The van der Waals surface area contributed by atoms with Gasteiger partial charge in [0.15, 0.2) is 10.9 Å². The number of aryl methyl sites for hydroxylation is 1. The number of ketones is 1. The summed E-state index contributed by atoms with van der Waals surface area (Å²) in [5, 5.41) is 0.467.